The first-order valence-electron chi connectivity index (χ1n) is 9.26. The van der Waals surface area contributed by atoms with Gasteiger partial charge in [0.1, 0.15) is 5.82 Å². The highest BCUT2D eigenvalue weighted by Gasteiger charge is 2.30. The van der Waals surface area contributed by atoms with E-state index in [2.05, 4.69) is 22.1 Å². The molecule has 1 aliphatic carbocycles. The quantitative estimate of drug-likeness (QED) is 0.882. The maximum absolute atomic E-state index is 12.4. The van der Waals surface area contributed by atoms with Gasteiger partial charge in [0.25, 0.3) is 5.91 Å². The zero-order valence-electron chi connectivity index (χ0n) is 15.6. The van der Waals surface area contributed by atoms with Crippen LogP contribution in [0.1, 0.15) is 40.0 Å². The average Bonchev–Trinajstić information content (AvgIpc) is 3.21. The topological polar surface area (TPSA) is 91.6 Å². The fourth-order valence-corrected chi connectivity index (χ4v) is 3.74. The van der Waals surface area contributed by atoms with Crippen molar-refractivity contribution < 1.29 is 14.0 Å². The van der Waals surface area contributed by atoms with Crippen LogP contribution in [0.5, 0.6) is 0 Å². The number of anilines is 2. The number of rotatable bonds is 3. The number of Topliss-reactive ketones (excluding diaryl/α,β-unsaturated/α-hetero) is 1. The molecule has 1 atom stereocenters. The van der Waals surface area contributed by atoms with Gasteiger partial charge >= 0.3 is 0 Å². The number of nitrogens with one attached hydrogen (secondary N) is 1. The number of hydrogen-bond acceptors (Lipinski definition) is 7. The van der Waals surface area contributed by atoms with E-state index in [9.17, 15) is 9.59 Å². The lowest BCUT2D eigenvalue weighted by molar-refractivity contribution is 0.0713. The molecule has 142 valence electrons. The zero-order chi connectivity index (χ0) is 19.0. The van der Waals surface area contributed by atoms with Gasteiger partial charge in [0.15, 0.2) is 11.5 Å². The SMILES string of the molecule is CNc1nc(N2CCN(C(=O)c3ccco3)CC2)nc2c1C(=O)C[C@@H](C)C2. The van der Waals surface area contributed by atoms with E-state index in [1.807, 2.05) is 0 Å². The Labute approximate surface area is 157 Å². The third kappa shape index (κ3) is 3.27. The number of aromatic nitrogens is 2. The molecule has 1 fully saturated rings. The maximum Gasteiger partial charge on any atom is 0.289 e. The molecule has 8 nitrogen and oxygen atoms in total. The summed E-state index contributed by atoms with van der Waals surface area (Å²) in [5.41, 5.74) is 1.45. The van der Waals surface area contributed by atoms with Crippen LogP contribution in [0.3, 0.4) is 0 Å². The zero-order valence-corrected chi connectivity index (χ0v) is 15.6. The molecular weight excluding hydrogens is 346 g/mol. The molecule has 2 aromatic rings. The second kappa shape index (κ2) is 7.02. The predicted octanol–water partition coefficient (Wildman–Crippen LogP) is 1.84. The lowest BCUT2D eigenvalue weighted by Gasteiger charge is -2.35. The van der Waals surface area contributed by atoms with Crippen LogP contribution >= 0.6 is 0 Å². The first-order chi connectivity index (χ1) is 13.1. The number of hydrogen-bond donors (Lipinski definition) is 1. The monoisotopic (exact) mass is 369 g/mol. The molecule has 2 aliphatic rings. The van der Waals surface area contributed by atoms with E-state index < -0.39 is 0 Å². The Morgan fingerprint density at radius 3 is 2.67 bits per heavy atom. The van der Waals surface area contributed by atoms with E-state index in [1.165, 1.54) is 6.26 Å². The summed E-state index contributed by atoms with van der Waals surface area (Å²) in [6.45, 7) is 4.49. The van der Waals surface area contributed by atoms with E-state index in [-0.39, 0.29) is 11.7 Å². The van der Waals surface area contributed by atoms with Crippen molar-refractivity contribution in [3.05, 3.63) is 35.4 Å². The summed E-state index contributed by atoms with van der Waals surface area (Å²) in [7, 11) is 1.78. The lowest BCUT2D eigenvalue weighted by atomic mass is 9.87. The fraction of sp³-hybridized carbons (Fsp3) is 0.474. The van der Waals surface area contributed by atoms with Crippen molar-refractivity contribution in [2.75, 3.05) is 43.4 Å². The molecule has 0 radical (unpaired) electrons. The van der Waals surface area contributed by atoms with Gasteiger partial charge in [-0.2, -0.15) is 4.98 Å². The molecular formula is C19H23N5O3. The van der Waals surface area contributed by atoms with Gasteiger partial charge in [0, 0.05) is 39.6 Å². The molecule has 0 spiro atoms. The molecule has 3 heterocycles. The van der Waals surface area contributed by atoms with Crippen molar-refractivity contribution in [2.45, 2.75) is 19.8 Å². The Kier molecular flexibility index (Phi) is 4.55. The van der Waals surface area contributed by atoms with Crippen molar-refractivity contribution in [1.29, 1.82) is 0 Å². The summed E-state index contributed by atoms with van der Waals surface area (Å²) in [5.74, 6) is 1.87. The molecule has 0 unspecified atom stereocenters. The third-order valence-corrected chi connectivity index (χ3v) is 5.15. The van der Waals surface area contributed by atoms with Crippen LogP contribution in [-0.4, -0.2) is 59.8 Å². The van der Waals surface area contributed by atoms with Crippen LogP contribution in [0.25, 0.3) is 0 Å². The summed E-state index contributed by atoms with van der Waals surface area (Å²) in [6.07, 6.45) is 2.83. The Bertz CT molecular complexity index is 856. The van der Waals surface area contributed by atoms with Gasteiger partial charge < -0.3 is 19.5 Å². The number of nitrogens with zero attached hydrogens (tertiary/aromatic N) is 4. The van der Waals surface area contributed by atoms with Crippen LogP contribution in [0.2, 0.25) is 0 Å². The number of carbonyl (C=O) groups excluding carboxylic acids is 2. The second-order valence-electron chi connectivity index (χ2n) is 7.14. The molecule has 0 bridgehead atoms. The lowest BCUT2D eigenvalue weighted by Crippen LogP contribution is -2.49. The van der Waals surface area contributed by atoms with Gasteiger partial charge in [0.2, 0.25) is 5.95 Å². The fourth-order valence-electron chi connectivity index (χ4n) is 3.74. The molecule has 2 aromatic heterocycles. The van der Waals surface area contributed by atoms with Crippen molar-refractivity contribution in [3.63, 3.8) is 0 Å². The summed E-state index contributed by atoms with van der Waals surface area (Å²) in [6, 6.07) is 3.39. The number of amides is 1. The number of carbonyl (C=O) groups is 2. The third-order valence-electron chi connectivity index (χ3n) is 5.15. The Morgan fingerprint density at radius 2 is 2.00 bits per heavy atom. The van der Waals surface area contributed by atoms with Gasteiger partial charge in [-0.05, 0) is 24.5 Å². The van der Waals surface area contributed by atoms with Crippen LogP contribution in [0.4, 0.5) is 11.8 Å². The van der Waals surface area contributed by atoms with E-state index in [4.69, 9.17) is 9.40 Å². The van der Waals surface area contributed by atoms with Gasteiger partial charge in [-0.3, -0.25) is 9.59 Å². The minimum Gasteiger partial charge on any atom is -0.459 e. The number of furan rings is 1. The maximum atomic E-state index is 12.4. The summed E-state index contributed by atoms with van der Waals surface area (Å²) < 4.78 is 5.20. The molecule has 0 saturated carbocycles. The van der Waals surface area contributed by atoms with Gasteiger partial charge in [-0.25, -0.2) is 4.98 Å². The first-order valence-corrected chi connectivity index (χ1v) is 9.26. The van der Waals surface area contributed by atoms with Crippen LogP contribution in [-0.2, 0) is 6.42 Å². The van der Waals surface area contributed by atoms with Crippen molar-refractivity contribution in [3.8, 4) is 0 Å². The van der Waals surface area contributed by atoms with E-state index in [0.717, 1.165) is 12.1 Å². The molecule has 1 saturated heterocycles. The minimum atomic E-state index is -0.0960. The minimum absolute atomic E-state index is 0.0960. The second-order valence-corrected chi connectivity index (χ2v) is 7.14. The van der Waals surface area contributed by atoms with Gasteiger partial charge in [0.05, 0.1) is 17.5 Å². The molecule has 0 aromatic carbocycles. The van der Waals surface area contributed by atoms with Crippen molar-refractivity contribution in [1.82, 2.24) is 14.9 Å². The van der Waals surface area contributed by atoms with Gasteiger partial charge in [-0.1, -0.05) is 6.92 Å². The predicted molar refractivity (Wildman–Crippen MR) is 100 cm³/mol. The van der Waals surface area contributed by atoms with E-state index in [1.54, 1.807) is 24.1 Å². The van der Waals surface area contributed by atoms with E-state index >= 15 is 0 Å². The normalized spacial score (nSPS) is 19.8. The summed E-state index contributed by atoms with van der Waals surface area (Å²) in [4.78, 5) is 37.9. The standard InChI is InChI=1S/C19H23N5O3/c1-12-10-13-16(14(25)11-12)17(20-2)22-19(21-13)24-7-5-23(6-8-24)18(26)15-4-3-9-27-15/h3-4,9,12H,5-8,10-11H2,1-2H3,(H,20,21,22)/t12-/m0/s1. The van der Waals surface area contributed by atoms with E-state index in [0.29, 0.717) is 61.6 Å². The van der Waals surface area contributed by atoms with Crippen molar-refractivity contribution in [2.24, 2.45) is 5.92 Å². The molecule has 8 heteroatoms. The average molecular weight is 369 g/mol. The smallest absolute Gasteiger partial charge is 0.289 e. The molecule has 4 rings (SSSR count). The number of ketones is 1. The number of piperazine rings is 1. The summed E-state index contributed by atoms with van der Waals surface area (Å²) >= 11 is 0. The van der Waals surface area contributed by atoms with Crippen LogP contribution in [0, 0.1) is 5.92 Å². The molecule has 1 N–H and O–H groups in total. The Morgan fingerprint density at radius 1 is 1.22 bits per heavy atom. The molecule has 27 heavy (non-hydrogen) atoms. The highest BCUT2D eigenvalue weighted by atomic mass is 16.3. The first kappa shape index (κ1) is 17.5. The van der Waals surface area contributed by atoms with Crippen LogP contribution < -0.4 is 10.2 Å². The molecule has 1 aliphatic heterocycles. The highest BCUT2D eigenvalue weighted by molar-refractivity contribution is 6.02. The Balaban J connectivity index is 1.52. The van der Waals surface area contributed by atoms with Crippen molar-refractivity contribution >= 4 is 23.5 Å². The molecule has 1 amide bonds. The summed E-state index contributed by atoms with van der Waals surface area (Å²) in [5, 5.41) is 3.05. The number of fused-ring (bicyclic) bond motifs is 1. The van der Waals surface area contributed by atoms with Gasteiger partial charge in [-0.15, -0.1) is 0 Å². The largest absolute Gasteiger partial charge is 0.459 e. The highest BCUT2D eigenvalue weighted by Crippen LogP contribution is 2.30. The van der Waals surface area contributed by atoms with Crippen LogP contribution in [0.15, 0.2) is 22.8 Å². The Hall–Kier alpha value is -2.90.